The van der Waals surface area contributed by atoms with Crippen LogP contribution in [0.5, 0.6) is 0 Å². The first-order valence-electron chi connectivity index (χ1n) is 9.22. The van der Waals surface area contributed by atoms with Crippen LogP contribution in [0, 0.1) is 11.8 Å². The summed E-state index contributed by atoms with van der Waals surface area (Å²) in [5.74, 6) is 0.738. The first-order valence-corrected chi connectivity index (χ1v) is 10.1. The molecule has 0 spiro atoms. The Kier molecular flexibility index (Phi) is 7.26. The second kappa shape index (κ2) is 9.65. The van der Waals surface area contributed by atoms with Crippen molar-refractivity contribution in [2.24, 2.45) is 11.8 Å². The Morgan fingerprint density at radius 3 is 2.04 bits per heavy atom. The van der Waals surface area contributed by atoms with Crippen LogP contribution >= 0.6 is 15.9 Å². The van der Waals surface area contributed by atoms with Gasteiger partial charge in [-0.25, -0.2) is 0 Å². The molecule has 3 rings (SSSR count). The molecular weight excluding hydrogens is 392 g/mol. The fourth-order valence-corrected chi connectivity index (χ4v) is 4.21. The van der Waals surface area contributed by atoms with E-state index in [0.717, 1.165) is 0 Å². The Morgan fingerprint density at radius 1 is 0.846 bits per heavy atom. The van der Waals surface area contributed by atoms with Gasteiger partial charge in [-0.05, 0) is 23.0 Å². The highest BCUT2D eigenvalue weighted by molar-refractivity contribution is 9.09. The standard InChI is InChI=1S/C22H27BrO3/c1-16-17(2)21(25-14-19-11-7-4-8-12-19)22(23)26-20(16)15-24-13-18-9-5-3-6-10-18/h3-12,16-17,20-22H,13-15H2,1-2H3/t16-,17-,20?,21?,22?/m0/s1. The predicted octanol–water partition coefficient (Wildman–Crippen LogP) is 5.18. The second-order valence-corrected chi connectivity index (χ2v) is 7.91. The smallest absolute Gasteiger partial charge is 0.139 e. The summed E-state index contributed by atoms with van der Waals surface area (Å²) in [7, 11) is 0. The lowest BCUT2D eigenvalue weighted by molar-refractivity contribution is -0.172. The van der Waals surface area contributed by atoms with E-state index in [9.17, 15) is 0 Å². The highest BCUT2D eigenvalue weighted by Crippen LogP contribution is 2.35. The van der Waals surface area contributed by atoms with Crippen molar-refractivity contribution in [3.8, 4) is 0 Å². The molecule has 0 aromatic heterocycles. The number of rotatable bonds is 7. The van der Waals surface area contributed by atoms with E-state index in [4.69, 9.17) is 14.2 Å². The highest BCUT2D eigenvalue weighted by atomic mass is 79.9. The van der Waals surface area contributed by atoms with Crippen LogP contribution in [0.25, 0.3) is 0 Å². The lowest BCUT2D eigenvalue weighted by Gasteiger charge is -2.42. The van der Waals surface area contributed by atoms with E-state index in [2.05, 4.69) is 54.0 Å². The van der Waals surface area contributed by atoms with Crippen molar-refractivity contribution >= 4 is 15.9 Å². The maximum Gasteiger partial charge on any atom is 0.139 e. The summed E-state index contributed by atoms with van der Waals surface area (Å²) in [6, 6.07) is 20.5. The molecule has 1 aliphatic rings. The fraction of sp³-hybridized carbons (Fsp3) is 0.455. The van der Waals surface area contributed by atoms with Gasteiger partial charge in [0.1, 0.15) is 5.01 Å². The van der Waals surface area contributed by atoms with Crippen LogP contribution in [-0.4, -0.2) is 23.8 Å². The molecule has 4 heteroatoms. The zero-order chi connectivity index (χ0) is 18.4. The van der Waals surface area contributed by atoms with E-state index in [1.54, 1.807) is 0 Å². The summed E-state index contributed by atoms with van der Waals surface area (Å²) in [6.45, 7) is 6.26. The SMILES string of the molecule is C[C@@H]1C(COCc2ccccc2)OC(Br)C(OCc2ccccc2)[C@H]1C. The minimum atomic E-state index is -0.122. The average Bonchev–Trinajstić information content (AvgIpc) is 2.67. The minimum absolute atomic E-state index is 0.0237. The van der Waals surface area contributed by atoms with Crippen LogP contribution in [0.3, 0.4) is 0 Å². The van der Waals surface area contributed by atoms with Crippen LogP contribution < -0.4 is 0 Å². The van der Waals surface area contributed by atoms with Gasteiger partial charge < -0.3 is 14.2 Å². The topological polar surface area (TPSA) is 27.7 Å². The Labute approximate surface area is 164 Å². The lowest BCUT2D eigenvalue weighted by atomic mass is 9.84. The second-order valence-electron chi connectivity index (χ2n) is 7.01. The Hall–Kier alpha value is -1.20. The van der Waals surface area contributed by atoms with E-state index >= 15 is 0 Å². The van der Waals surface area contributed by atoms with E-state index in [1.165, 1.54) is 11.1 Å². The number of ether oxygens (including phenoxy) is 3. The quantitative estimate of drug-likeness (QED) is 0.579. The zero-order valence-corrected chi connectivity index (χ0v) is 17.0. The summed E-state index contributed by atoms with van der Waals surface area (Å²) < 4.78 is 18.3. The highest BCUT2D eigenvalue weighted by Gasteiger charge is 2.41. The molecular formula is C22H27BrO3. The van der Waals surface area contributed by atoms with Gasteiger partial charge >= 0.3 is 0 Å². The van der Waals surface area contributed by atoms with Crippen molar-refractivity contribution in [2.75, 3.05) is 6.61 Å². The molecule has 0 radical (unpaired) electrons. The monoisotopic (exact) mass is 418 g/mol. The molecule has 1 heterocycles. The van der Waals surface area contributed by atoms with Gasteiger partial charge in [0, 0.05) is 0 Å². The molecule has 1 aliphatic heterocycles. The van der Waals surface area contributed by atoms with Gasteiger partial charge in [0.2, 0.25) is 0 Å². The van der Waals surface area contributed by atoms with Crippen LogP contribution in [0.1, 0.15) is 25.0 Å². The van der Waals surface area contributed by atoms with Gasteiger partial charge in [0.15, 0.2) is 0 Å². The lowest BCUT2D eigenvalue weighted by Crippen LogP contribution is -2.49. The molecule has 1 fully saturated rings. The predicted molar refractivity (Wildman–Crippen MR) is 107 cm³/mol. The van der Waals surface area contributed by atoms with E-state index in [1.807, 2.05) is 36.4 Å². The summed E-state index contributed by atoms with van der Waals surface area (Å²) in [4.78, 5) is 0. The molecule has 3 unspecified atom stereocenters. The molecule has 2 aromatic carbocycles. The first kappa shape index (κ1) is 19.6. The van der Waals surface area contributed by atoms with Gasteiger partial charge in [-0.3, -0.25) is 0 Å². The molecule has 0 bridgehead atoms. The van der Waals surface area contributed by atoms with Crippen molar-refractivity contribution in [3.05, 3.63) is 71.8 Å². The third-order valence-electron chi connectivity index (χ3n) is 5.18. The molecule has 1 saturated heterocycles. The van der Waals surface area contributed by atoms with Crippen molar-refractivity contribution < 1.29 is 14.2 Å². The zero-order valence-electron chi connectivity index (χ0n) is 15.4. The molecule has 26 heavy (non-hydrogen) atoms. The molecule has 0 aliphatic carbocycles. The molecule has 0 N–H and O–H groups in total. The van der Waals surface area contributed by atoms with Gasteiger partial charge in [0.25, 0.3) is 0 Å². The summed E-state index contributed by atoms with van der Waals surface area (Å²) in [5.41, 5.74) is 2.36. The normalized spacial score (nSPS) is 28.8. The molecule has 140 valence electrons. The third kappa shape index (κ3) is 5.17. The summed E-state index contributed by atoms with van der Waals surface area (Å²) in [5, 5.41) is -0.122. The maximum absolute atomic E-state index is 6.17. The van der Waals surface area contributed by atoms with E-state index < -0.39 is 0 Å². The first-order chi connectivity index (χ1) is 12.6. The number of hydrogen-bond donors (Lipinski definition) is 0. The van der Waals surface area contributed by atoms with Crippen LogP contribution in [-0.2, 0) is 27.4 Å². The average molecular weight is 419 g/mol. The molecule has 0 saturated carbocycles. The molecule has 3 nitrogen and oxygen atoms in total. The minimum Gasteiger partial charge on any atom is -0.374 e. The largest absolute Gasteiger partial charge is 0.374 e. The van der Waals surface area contributed by atoms with Gasteiger partial charge in [-0.1, -0.05) is 90.4 Å². The van der Waals surface area contributed by atoms with Gasteiger partial charge in [0.05, 0.1) is 32.0 Å². The number of benzene rings is 2. The molecule has 0 amide bonds. The van der Waals surface area contributed by atoms with Crippen molar-refractivity contribution in [2.45, 2.75) is 44.3 Å². The van der Waals surface area contributed by atoms with Crippen molar-refractivity contribution in [1.29, 1.82) is 0 Å². The van der Waals surface area contributed by atoms with E-state index in [0.29, 0.717) is 31.7 Å². The van der Waals surface area contributed by atoms with Crippen LogP contribution in [0.15, 0.2) is 60.7 Å². The fourth-order valence-electron chi connectivity index (χ4n) is 3.30. The van der Waals surface area contributed by atoms with Crippen LogP contribution in [0.4, 0.5) is 0 Å². The van der Waals surface area contributed by atoms with Crippen molar-refractivity contribution in [1.82, 2.24) is 0 Å². The summed E-state index contributed by atoms with van der Waals surface area (Å²) >= 11 is 3.67. The van der Waals surface area contributed by atoms with Gasteiger partial charge in [-0.15, -0.1) is 0 Å². The van der Waals surface area contributed by atoms with E-state index in [-0.39, 0.29) is 17.2 Å². The number of alkyl halides is 1. The summed E-state index contributed by atoms with van der Waals surface area (Å²) in [6.07, 6.45) is 0.0882. The Morgan fingerprint density at radius 2 is 1.42 bits per heavy atom. The van der Waals surface area contributed by atoms with Gasteiger partial charge in [-0.2, -0.15) is 0 Å². The third-order valence-corrected chi connectivity index (χ3v) is 5.91. The Balaban J connectivity index is 1.49. The number of hydrogen-bond acceptors (Lipinski definition) is 3. The Bertz CT molecular complexity index is 647. The molecule has 5 atom stereocenters. The van der Waals surface area contributed by atoms with Crippen LogP contribution in [0.2, 0.25) is 0 Å². The van der Waals surface area contributed by atoms with Crippen molar-refractivity contribution in [3.63, 3.8) is 0 Å². The molecule has 2 aromatic rings. The maximum atomic E-state index is 6.17. The number of halogens is 1.